The van der Waals surface area contributed by atoms with Gasteiger partial charge in [-0.05, 0) is 85.0 Å². The normalized spacial score (nSPS) is 17.1. The molecule has 5 aromatic rings. The van der Waals surface area contributed by atoms with Crippen molar-refractivity contribution in [1.29, 1.82) is 0 Å². The zero-order chi connectivity index (χ0) is 39.1. The first-order valence-electron chi connectivity index (χ1n) is 18.9. The average Bonchev–Trinajstić information content (AvgIpc) is 3.49. The molecule has 3 aliphatic rings. The third-order valence-electron chi connectivity index (χ3n) is 11.3. The number of carbonyl (C=O) groups is 3. The van der Waals surface area contributed by atoms with Gasteiger partial charge in [-0.25, -0.2) is 13.8 Å². The Labute approximate surface area is 322 Å². The first-order chi connectivity index (χ1) is 27.0. The van der Waals surface area contributed by atoms with Crippen LogP contribution >= 0.6 is 0 Å². The zero-order valence-electron chi connectivity index (χ0n) is 30.9. The fourth-order valence-corrected chi connectivity index (χ4v) is 7.77. The first kappa shape index (κ1) is 36.7. The highest BCUT2D eigenvalue weighted by molar-refractivity contribution is 6.05. The highest BCUT2D eigenvalue weighted by atomic mass is 19.1. The van der Waals surface area contributed by atoms with Gasteiger partial charge in [0.05, 0.1) is 17.5 Å². The smallest absolute Gasteiger partial charge is 0.261 e. The number of nitrogens with one attached hydrogen (secondary N) is 1. The SMILES string of the molecule is CN1CCC(C(=O)N2CC(Cc3ccc(-c4cnc(N)c(-c5ccc(NC(=O)c6cn(CC7CCC7)cc(-c7ccc(F)cn7)c6=O)cc5F)c4)cc3)C2)C1=O. The Morgan fingerprint density at radius 2 is 1.64 bits per heavy atom. The van der Waals surface area contributed by atoms with E-state index in [2.05, 4.69) is 15.3 Å². The van der Waals surface area contributed by atoms with Gasteiger partial charge in [0, 0.05) is 74.2 Å². The Morgan fingerprint density at radius 1 is 0.857 bits per heavy atom. The van der Waals surface area contributed by atoms with Crippen molar-refractivity contribution in [2.45, 2.75) is 38.6 Å². The number of carbonyl (C=O) groups excluding carboxylic acids is 3. The summed E-state index contributed by atoms with van der Waals surface area (Å²) < 4.78 is 31.2. The molecule has 0 bridgehead atoms. The standard InChI is InChI=1S/C43H41F2N7O4/c1-50-14-13-33(42(50)55)43(56)52-21-27(22-52)15-25-5-7-28(8-6-25)29-16-34(40(46)48-18-29)32-11-10-31(17-37(32)45)49-41(54)36-24-51(20-26-3-2-4-26)23-35(39(36)53)38-12-9-30(44)19-47-38/h5-12,16-19,23-24,26-27,33H,2-4,13-15,20-22H2,1H3,(H2,46,48)(H,49,54). The number of nitrogens with two attached hydrogens (primary N) is 1. The maximum Gasteiger partial charge on any atom is 0.261 e. The van der Waals surface area contributed by atoms with Gasteiger partial charge in [0.25, 0.3) is 5.91 Å². The van der Waals surface area contributed by atoms with Crippen LogP contribution in [0.15, 0.2) is 90.2 Å². The molecule has 3 aromatic heterocycles. The van der Waals surface area contributed by atoms with Crippen LogP contribution in [0.1, 0.15) is 41.6 Å². The van der Waals surface area contributed by atoms with Gasteiger partial charge in [-0.2, -0.15) is 0 Å². The van der Waals surface area contributed by atoms with Crippen molar-refractivity contribution in [2.75, 3.05) is 37.7 Å². The number of pyridine rings is 3. The van der Waals surface area contributed by atoms with Crippen LogP contribution in [-0.2, 0) is 22.6 Å². The van der Waals surface area contributed by atoms with Gasteiger partial charge >= 0.3 is 0 Å². The summed E-state index contributed by atoms with van der Waals surface area (Å²) in [6.45, 7) is 2.50. The third kappa shape index (κ3) is 7.40. The maximum absolute atomic E-state index is 15.8. The Morgan fingerprint density at radius 3 is 2.30 bits per heavy atom. The lowest BCUT2D eigenvalue weighted by Gasteiger charge is -2.40. The number of halogens is 2. The van der Waals surface area contributed by atoms with E-state index in [1.54, 1.807) is 39.9 Å². The average molecular weight is 758 g/mol. The molecule has 56 heavy (non-hydrogen) atoms. The van der Waals surface area contributed by atoms with E-state index in [9.17, 15) is 23.6 Å². The number of nitrogens with zero attached hydrogens (tertiary/aromatic N) is 5. The maximum atomic E-state index is 15.8. The molecule has 2 aromatic carbocycles. The van der Waals surface area contributed by atoms with Gasteiger partial charge in [-0.15, -0.1) is 0 Å². The highest BCUT2D eigenvalue weighted by Crippen LogP contribution is 2.34. The summed E-state index contributed by atoms with van der Waals surface area (Å²) in [6, 6.07) is 16.6. The van der Waals surface area contributed by atoms with E-state index in [0.29, 0.717) is 50.0 Å². The Hall–Kier alpha value is -6.24. The fourth-order valence-electron chi connectivity index (χ4n) is 7.77. The first-order valence-corrected chi connectivity index (χ1v) is 18.9. The Bertz CT molecular complexity index is 2390. The molecule has 8 rings (SSSR count). The number of rotatable bonds is 10. The second kappa shape index (κ2) is 15.1. The molecular formula is C43H41F2N7O4. The molecule has 13 heteroatoms. The molecule has 11 nitrogen and oxygen atoms in total. The number of aromatic nitrogens is 3. The minimum Gasteiger partial charge on any atom is -0.383 e. The molecule has 0 spiro atoms. The summed E-state index contributed by atoms with van der Waals surface area (Å²) in [4.78, 5) is 64.0. The van der Waals surface area contributed by atoms with Gasteiger partial charge in [0.15, 0.2) is 0 Å². The van der Waals surface area contributed by atoms with Crippen LogP contribution in [0.5, 0.6) is 0 Å². The fraction of sp³-hybridized carbons (Fsp3) is 0.302. The summed E-state index contributed by atoms with van der Waals surface area (Å²) in [6.07, 6.45) is 10.4. The van der Waals surface area contributed by atoms with Crippen molar-refractivity contribution < 1.29 is 23.2 Å². The second-order valence-electron chi connectivity index (χ2n) is 15.2. The van der Waals surface area contributed by atoms with E-state index in [-0.39, 0.29) is 45.7 Å². The number of amides is 3. The van der Waals surface area contributed by atoms with Crippen LogP contribution in [0.3, 0.4) is 0 Å². The summed E-state index contributed by atoms with van der Waals surface area (Å²) in [5.74, 6) is -1.73. The molecule has 1 atom stereocenters. The quantitative estimate of drug-likeness (QED) is 0.166. The number of anilines is 2. The summed E-state index contributed by atoms with van der Waals surface area (Å²) in [7, 11) is 1.73. The summed E-state index contributed by atoms with van der Waals surface area (Å²) in [5.41, 5.74) is 9.37. The van der Waals surface area contributed by atoms with Crippen molar-refractivity contribution in [2.24, 2.45) is 17.8 Å². The zero-order valence-corrected chi connectivity index (χ0v) is 30.9. The molecule has 3 fully saturated rings. The van der Waals surface area contributed by atoms with E-state index in [4.69, 9.17) is 5.73 Å². The molecule has 1 saturated carbocycles. The predicted molar refractivity (Wildman–Crippen MR) is 208 cm³/mol. The number of likely N-dealkylation sites (tertiary alicyclic amines) is 2. The van der Waals surface area contributed by atoms with E-state index in [0.717, 1.165) is 48.6 Å². The van der Waals surface area contributed by atoms with E-state index >= 15 is 4.39 Å². The second-order valence-corrected chi connectivity index (χ2v) is 15.2. The largest absolute Gasteiger partial charge is 0.383 e. The van der Waals surface area contributed by atoms with Gasteiger partial charge in [-0.1, -0.05) is 30.7 Å². The van der Waals surface area contributed by atoms with Crippen molar-refractivity contribution in [1.82, 2.24) is 24.3 Å². The van der Waals surface area contributed by atoms with Crippen LogP contribution in [0, 0.1) is 29.4 Å². The number of benzene rings is 2. The molecule has 3 amide bonds. The molecule has 286 valence electrons. The molecule has 3 N–H and O–H groups in total. The van der Waals surface area contributed by atoms with Crippen molar-refractivity contribution in [3.8, 4) is 33.5 Å². The lowest BCUT2D eigenvalue weighted by molar-refractivity contribution is -0.147. The number of hydrogen-bond donors (Lipinski definition) is 2. The van der Waals surface area contributed by atoms with Crippen LogP contribution in [0.4, 0.5) is 20.3 Å². The molecule has 2 aliphatic heterocycles. The van der Waals surface area contributed by atoms with Crippen LogP contribution in [0.25, 0.3) is 33.5 Å². The predicted octanol–water partition coefficient (Wildman–Crippen LogP) is 6.03. The van der Waals surface area contributed by atoms with Crippen molar-refractivity contribution in [3.63, 3.8) is 0 Å². The highest BCUT2D eigenvalue weighted by Gasteiger charge is 2.41. The molecule has 1 aliphatic carbocycles. The monoisotopic (exact) mass is 757 g/mol. The van der Waals surface area contributed by atoms with Crippen molar-refractivity contribution in [3.05, 3.63) is 118 Å². The van der Waals surface area contributed by atoms with Crippen LogP contribution in [0.2, 0.25) is 0 Å². The lowest BCUT2D eigenvalue weighted by atomic mass is 9.85. The number of nitrogen functional groups attached to an aromatic ring is 1. The third-order valence-corrected chi connectivity index (χ3v) is 11.3. The minimum absolute atomic E-state index is 0.0681. The van der Waals surface area contributed by atoms with E-state index in [1.165, 1.54) is 36.5 Å². The van der Waals surface area contributed by atoms with Gasteiger partial charge in [0.1, 0.15) is 28.9 Å². The Balaban J connectivity index is 0.949. The minimum atomic E-state index is -0.711. The number of hydrogen-bond acceptors (Lipinski definition) is 7. The van der Waals surface area contributed by atoms with Gasteiger partial charge < -0.3 is 25.4 Å². The molecule has 5 heterocycles. The summed E-state index contributed by atoms with van der Waals surface area (Å²) >= 11 is 0. The van der Waals surface area contributed by atoms with Crippen LogP contribution < -0.4 is 16.5 Å². The molecule has 1 unspecified atom stereocenters. The van der Waals surface area contributed by atoms with E-state index in [1.807, 2.05) is 24.3 Å². The van der Waals surface area contributed by atoms with Gasteiger partial charge in [-0.3, -0.25) is 24.2 Å². The van der Waals surface area contributed by atoms with Gasteiger partial charge in [0.2, 0.25) is 17.2 Å². The van der Waals surface area contributed by atoms with E-state index < -0.39 is 28.9 Å². The topological polar surface area (TPSA) is 144 Å². The van der Waals surface area contributed by atoms with Crippen LogP contribution in [-0.4, -0.2) is 68.7 Å². The molecular weight excluding hydrogens is 717 g/mol. The van der Waals surface area contributed by atoms with Crippen molar-refractivity contribution >= 4 is 29.2 Å². The summed E-state index contributed by atoms with van der Waals surface area (Å²) in [5, 5.41) is 2.66. The molecule has 2 saturated heterocycles. The Kier molecular flexibility index (Phi) is 9.92. The molecule has 0 radical (unpaired) electrons. The lowest BCUT2D eigenvalue weighted by Crippen LogP contribution is -2.53.